The van der Waals surface area contributed by atoms with Crippen molar-refractivity contribution in [3.05, 3.63) is 194 Å². The van der Waals surface area contributed by atoms with Crippen LogP contribution in [0.1, 0.15) is 0 Å². The molecule has 0 unspecified atom stereocenters. The molecule has 8 aromatic carbocycles. The molecule has 0 radical (unpaired) electrons. The number of hydrogen-bond donors (Lipinski definition) is 0. The zero-order chi connectivity index (χ0) is 35.1. The van der Waals surface area contributed by atoms with E-state index in [2.05, 4.69) is 174 Å². The lowest BCUT2D eigenvalue weighted by Crippen LogP contribution is -2.01. The van der Waals surface area contributed by atoms with Crippen LogP contribution in [0.15, 0.2) is 194 Å². The van der Waals surface area contributed by atoms with Crippen molar-refractivity contribution < 1.29 is 0 Å². The van der Waals surface area contributed by atoms with Crippen LogP contribution in [0, 0.1) is 0 Å². The van der Waals surface area contributed by atoms with Gasteiger partial charge in [-0.15, -0.1) is 0 Å². The summed E-state index contributed by atoms with van der Waals surface area (Å²) in [6.45, 7) is 0. The molecule has 0 amide bonds. The zero-order valence-electron chi connectivity index (χ0n) is 28.8. The molecule has 0 spiro atoms. The minimum absolute atomic E-state index is 0.631. The molecule has 0 atom stereocenters. The first-order chi connectivity index (χ1) is 26.3. The molecule has 0 saturated heterocycles. The van der Waals surface area contributed by atoms with Crippen LogP contribution in [0.4, 0.5) is 0 Å². The van der Waals surface area contributed by atoms with Gasteiger partial charge in [-0.1, -0.05) is 158 Å². The van der Waals surface area contributed by atoms with Crippen LogP contribution in [-0.2, 0) is 0 Å². The van der Waals surface area contributed by atoms with Gasteiger partial charge in [0.25, 0.3) is 0 Å². The van der Waals surface area contributed by atoms with Crippen molar-refractivity contribution in [3.63, 3.8) is 0 Å². The van der Waals surface area contributed by atoms with Gasteiger partial charge in [0.1, 0.15) is 0 Å². The van der Waals surface area contributed by atoms with Crippen LogP contribution in [0.5, 0.6) is 0 Å². The predicted molar refractivity (Wildman–Crippen MR) is 219 cm³/mol. The Morgan fingerprint density at radius 1 is 0.302 bits per heavy atom. The molecule has 0 aliphatic carbocycles. The maximum Gasteiger partial charge on any atom is 0.164 e. The van der Waals surface area contributed by atoms with Gasteiger partial charge >= 0.3 is 0 Å². The van der Waals surface area contributed by atoms with Crippen LogP contribution >= 0.6 is 0 Å². The lowest BCUT2D eigenvalue weighted by Gasteiger charge is -2.14. The molecular formula is C49H32N4. The molecular weight excluding hydrogens is 645 g/mol. The first kappa shape index (κ1) is 30.6. The summed E-state index contributed by atoms with van der Waals surface area (Å²) in [5, 5.41) is 4.78. The summed E-state index contributed by atoms with van der Waals surface area (Å²) in [6, 6.07) is 68.1. The lowest BCUT2D eigenvalue weighted by atomic mass is 9.98. The highest BCUT2D eigenvalue weighted by atomic mass is 15.0. The molecule has 4 heteroatoms. The highest BCUT2D eigenvalue weighted by Gasteiger charge is 2.17. The number of rotatable bonds is 6. The molecule has 0 N–H and O–H groups in total. The fourth-order valence-corrected chi connectivity index (χ4v) is 7.48. The van der Waals surface area contributed by atoms with Crippen molar-refractivity contribution in [1.29, 1.82) is 0 Å². The quantitative estimate of drug-likeness (QED) is 0.176. The van der Waals surface area contributed by atoms with Crippen molar-refractivity contribution in [2.75, 3.05) is 0 Å². The van der Waals surface area contributed by atoms with E-state index in [-0.39, 0.29) is 0 Å². The van der Waals surface area contributed by atoms with Gasteiger partial charge < -0.3 is 4.57 Å². The molecule has 2 aromatic heterocycles. The Morgan fingerprint density at radius 2 is 0.811 bits per heavy atom. The minimum atomic E-state index is 0.631. The van der Waals surface area contributed by atoms with Gasteiger partial charge in [-0.2, -0.15) is 0 Å². The highest BCUT2D eigenvalue weighted by Crippen LogP contribution is 2.37. The maximum atomic E-state index is 5.18. The third kappa shape index (κ3) is 5.54. The summed E-state index contributed by atoms with van der Waals surface area (Å²) >= 11 is 0. The van der Waals surface area contributed by atoms with E-state index in [1.807, 2.05) is 24.3 Å². The predicted octanol–water partition coefficient (Wildman–Crippen LogP) is 12.5. The van der Waals surface area contributed by atoms with Gasteiger partial charge in [-0.3, -0.25) is 0 Å². The number of fused-ring (bicyclic) bond motifs is 4. The van der Waals surface area contributed by atoms with Gasteiger partial charge in [0.2, 0.25) is 0 Å². The van der Waals surface area contributed by atoms with Crippen LogP contribution < -0.4 is 0 Å². The summed E-state index contributed by atoms with van der Waals surface area (Å²) in [5.74, 6) is 1.90. The second kappa shape index (κ2) is 12.9. The Bertz CT molecular complexity index is 2890. The topological polar surface area (TPSA) is 43.6 Å². The molecule has 2 heterocycles. The molecule has 0 fully saturated rings. The number of nitrogens with zero attached hydrogens (tertiary/aromatic N) is 4. The second-order valence-electron chi connectivity index (χ2n) is 13.3. The number of hydrogen-bond acceptors (Lipinski definition) is 3. The fraction of sp³-hybridized carbons (Fsp3) is 0. The van der Waals surface area contributed by atoms with Crippen LogP contribution in [-0.4, -0.2) is 19.5 Å². The maximum absolute atomic E-state index is 5.18. The Kier molecular flexibility index (Phi) is 7.43. The monoisotopic (exact) mass is 676 g/mol. The van der Waals surface area contributed by atoms with Gasteiger partial charge in [0.05, 0.1) is 11.0 Å². The van der Waals surface area contributed by atoms with Crippen LogP contribution in [0.3, 0.4) is 0 Å². The van der Waals surface area contributed by atoms with Crippen molar-refractivity contribution in [1.82, 2.24) is 19.5 Å². The molecule has 53 heavy (non-hydrogen) atoms. The summed E-state index contributed by atoms with van der Waals surface area (Å²) < 4.78 is 2.36. The number of para-hydroxylation sites is 2. The Labute approximate surface area is 307 Å². The van der Waals surface area contributed by atoms with Crippen molar-refractivity contribution >= 4 is 32.6 Å². The lowest BCUT2D eigenvalue weighted by molar-refractivity contribution is 1.07. The van der Waals surface area contributed by atoms with Gasteiger partial charge in [0, 0.05) is 33.2 Å². The molecule has 0 bridgehead atoms. The van der Waals surface area contributed by atoms with E-state index in [4.69, 9.17) is 15.0 Å². The van der Waals surface area contributed by atoms with E-state index in [0.717, 1.165) is 38.9 Å². The van der Waals surface area contributed by atoms with Gasteiger partial charge in [-0.25, -0.2) is 15.0 Å². The van der Waals surface area contributed by atoms with Crippen molar-refractivity contribution in [2.45, 2.75) is 0 Å². The Morgan fingerprint density at radius 3 is 1.51 bits per heavy atom. The largest absolute Gasteiger partial charge is 0.309 e. The zero-order valence-corrected chi connectivity index (χ0v) is 28.8. The van der Waals surface area contributed by atoms with E-state index in [9.17, 15) is 0 Å². The Balaban J connectivity index is 1.11. The molecule has 4 nitrogen and oxygen atoms in total. The third-order valence-electron chi connectivity index (χ3n) is 10.0. The van der Waals surface area contributed by atoms with Gasteiger partial charge in [-0.05, 0) is 69.4 Å². The summed E-state index contributed by atoms with van der Waals surface area (Å²) in [6.07, 6.45) is 0. The van der Waals surface area contributed by atoms with E-state index < -0.39 is 0 Å². The first-order valence-electron chi connectivity index (χ1n) is 17.9. The van der Waals surface area contributed by atoms with E-state index in [1.165, 1.54) is 38.3 Å². The van der Waals surface area contributed by atoms with Gasteiger partial charge in [0.15, 0.2) is 17.5 Å². The average Bonchev–Trinajstić information content (AvgIpc) is 3.58. The van der Waals surface area contributed by atoms with E-state index in [1.54, 1.807) is 0 Å². The fourth-order valence-electron chi connectivity index (χ4n) is 7.48. The summed E-state index contributed by atoms with van der Waals surface area (Å²) in [4.78, 5) is 15.4. The molecule has 10 aromatic rings. The third-order valence-corrected chi connectivity index (χ3v) is 10.0. The standard InChI is InChI=1S/C49H32N4/c1-3-14-33(15-4-1)35-26-27-37-31-39(29-28-36(37)30-35)48-50-47(34-16-5-2-6-17-34)51-49(52-48)44-23-8-7-20-41(44)38-18-13-19-40(32-38)53-45-24-11-9-21-42(45)43-22-10-12-25-46(43)53/h1-32H. The second-order valence-corrected chi connectivity index (χ2v) is 13.3. The molecule has 0 aliphatic rings. The molecule has 0 aliphatic heterocycles. The molecule has 0 saturated carbocycles. The molecule has 10 rings (SSSR count). The molecule has 248 valence electrons. The number of benzene rings is 8. The van der Waals surface area contributed by atoms with E-state index in [0.29, 0.717) is 17.5 Å². The van der Waals surface area contributed by atoms with Crippen LogP contribution in [0.25, 0.3) is 94.7 Å². The Hall–Kier alpha value is -7.17. The smallest absolute Gasteiger partial charge is 0.164 e. The highest BCUT2D eigenvalue weighted by molar-refractivity contribution is 6.09. The normalized spacial score (nSPS) is 11.4. The minimum Gasteiger partial charge on any atom is -0.309 e. The summed E-state index contributed by atoms with van der Waals surface area (Å²) in [7, 11) is 0. The number of aromatic nitrogens is 4. The SMILES string of the molecule is c1ccc(-c2ccc3cc(-c4nc(-c5ccccc5)nc(-c5ccccc5-c5cccc(-n6c7ccccc7c7ccccc76)c5)n4)ccc3c2)cc1. The van der Waals surface area contributed by atoms with Crippen LogP contribution in [0.2, 0.25) is 0 Å². The summed E-state index contributed by atoms with van der Waals surface area (Å²) in [5.41, 5.74) is 10.8. The van der Waals surface area contributed by atoms with E-state index >= 15 is 0 Å². The first-order valence-corrected chi connectivity index (χ1v) is 17.9. The van der Waals surface area contributed by atoms with Crippen molar-refractivity contribution in [3.8, 4) is 62.1 Å². The van der Waals surface area contributed by atoms with Crippen molar-refractivity contribution in [2.24, 2.45) is 0 Å². The average molecular weight is 677 g/mol.